The first-order chi connectivity index (χ1) is 8.20. The predicted octanol–water partition coefficient (Wildman–Crippen LogP) is 2.38. The molecule has 3 heteroatoms. The van der Waals surface area contributed by atoms with Gasteiger partial charge < -0.3 is 4.74 Å². The molecule has 0 N–H and O–H groups in total. The standard InChI is InChI=1S/C14H16O3/c1-2-17-14(16)9-10-7-11-5-3-4-6-12(11)13(15)8-10/h3-6,10H,2,7-9H2,1H3. The monoisotopic (exact) mass is 232 g/mol. The molecule has 1 aliphatic carbocycles. The Morgan fingerprint density at radius 2 is 2.12 bits per heavy atom. The third-order valence-corrected chi connectivity index (χ3v) is 3.06. The average Bonchev–Trinajstić information content (AvgIpc) is 2.29. The number of benzene rings is 1. The number of hydrogen-bond donors (Lipinski definition) is 0. The van der Waals surface area contributed by atoms with E-state index >= 15 is 0 Å². The fourth-order valence-electron chi connectivity index (χ4n) is 2.33. The van der Waals surface area contributed by atoms with Crippen molar-refractivity contribution >= 4 is 11.8 Å². The van der Waals surface area contributed by atoms with Crippen molar-refractivity contribution in [2.45, 2.75) is 26.2 Å². The van der Waals surface area contributed by atoms with Gasteiger partial charge in [-0.05, 0) is 24.8 Å². The molecule has 0 saturated carbocycles. The number of rotatable bonds is 3. The van der Waals surface area contributed by atoms with Crippen LogP contribution in [0.5, 0.6) is 0 Å². The lowest BCUT2D eigenvalue weighted by atomic mass is 9.81. The SMILES string of the molecule is CCOC(=O)CC1CC(=O)c2ccccc2C1. The Bertz CT molecular complexity index is 437. The van der Waals surface area contributed by atoms with Gasteiger partial charge in [-0.25, -0.2) is 0 Å². The fourth-order valence-corrected chi connectivity index (χ4v) is 2.33. The van der Waals surface area contributed by atoms with Gasteiger partial charge in [-0.2, -0.15) is 0 Å². The topological polar surface area (TPSA) is 43.4 Å². The molecule has 0 aliphatic heterocycles. The summed E-state index contributed by atoms with van der Waals surface area (Å²) in [6.07, 6.45) is 1.59. The summed E-state index contributed by atoms with van der Waals surface area (Å²) in [7, 11) is 0. The smallest absolute Gasteiger partial charge is 0.306 e. The number of ketones is 1. The van der Waals surface area contributed by atoms with Gasteiger partial charge in [-0.3, -0.25) is 9.59 Å². The van der Waals surface area contributed by atoms with Crippen molar-refractivity contribution in [2.24, 2.45) is 5.92 Å². The van der Waals surface area contributed by atoms with E-state index in [4.69, 9.17) is 4.74 Å². The first kappa shape index (κ1) is 11.8. The van der Waals surface area contributed by atoms with E-state index in [1.165, 1.54) is 0 Å². The third-order valence-electron chi connectivity index (χ3n) is 3.06. The Labute approximate surface area is 101 Å². The van der Waals surface area contributed by atoms with Crippen LogP contribution in [0.1, 0.15) is 35.7 Å². The first-order valence-electron chi connectivity index (χ1n) is 5.97. The predicted molar refractivity (Wildman–Crippen MR) is 63.8 cm³/mol. The molecule has 1 aliphatic rings. The van der Waals surface area contributed by atoms with Crippen LogP contribution < -0.4 is 0 Å². The lowest BCUT2D eigenvalue weighted by molar-refractivity contribution is -0.144. The van der Waals surface area contributed by atoms with E-state index in [9.17, 15) is 9.59 Å². The van der Waals surface area contributed by atoms with Crippen molar-refractivity contribution in [1.29, 1.82) is 0 Å². The highest BCUT2D eigenvalue weighted by Gasteiger charge is 2.26. The molecule has 0 aromatic heterocycles. The summed E-state index contributed by atoms with van der Waals surface area (Å²) in [5, 5.41) is 0. The molecule has 0 radical (unpaired) electrons. The normalized spacial score (nSPS) is 18.6. The van der Waals surface area contributed by atoms with Gasteiger partial charge in [0.1, 0.15) is 0 Å². The molecule has 2 rings (SSSR count). The molecule has 1 atom stereocenters. The fraction of sp³-hybridized carbons (Fsp3) is 0.429. The molecule has 0 bridgehead atoms. The molecule has 0 saturated heterocycles. The average molecular weight is 232 g/mol. The van der Waals surface area contributed by atoms with Crippen LogP contribution in [0.4, 0.5) is 0 Å². The second-order valence-electron chi connectivity index (χ2n) is 4.36. The highest BCUT2D eigenvalue weighted by atomic mass is 16.5. The van der Waals surface area contributed by atoms with E-state index in [0.29, 0.717) is 19.4 Å². The Balaban J connectivity index is 2.07. The molecular formula is C14H16O3. The summed E-state index contributed by atoms with van der Waals surface area (Å²) in [6.45, 7) is 2.19. The van der Waals surface area contributed by atoms with E-state index in [0.717, 1.165) is 17.5 Å². The van der Waals surface area contributed by atoms with Crippen LogP contribution in [0.15, 0.2) is 24.3 Å². The summed E-state index contributed by atoms with van der Waals surface area (Å²) in [5.74, 6) is 0.0299. The molecule has 0 amide bonds. The quantitative estimate of drug-likeness (QED) is 0.751. The highest BCUT2D eigenvalue weighted by Crippen LogP contribution is 2.27. The van der Waals surface area contributed by atoms with Crippen LogP contribution >= 0.6 is 0 Å². The molecule has 0 spiro atoms. The van der Waals surface area contributed by atoms with Gasteiger partial charge in [0, 0.05) is 18.4 Å². The summed E-state index contributed by atoms with van der Waals surface area (Å²) >= 11 is 0. The van der Waals surface area contributed by atoms with Crippen molar-refractivity contribution in [1.82, 2.24) is 0 Å². The van der Waals surface area contributed by atoms with Crippen LogP contribution in [0.3, 0.4) is 0 Å². The second-order valence-corrected chi connectivity index (χ2v) is 4.36. The number of ether oxygens (including phenoxy) is 1. The van der Waals surface area contributed by atoms with E-state index in [-0.39, 0.29) is 17.7 Å². The lowest BCUT2D eigenvalue weighted by Gasteiger charge is -2.22. The maximum Gasteiger partial charge on any atom is 0.306 e. The van der Waals surface area contributed by atoms with E-state index in [1.807, 2.05) is 24.3 Å². The molecule has 0 fully saturated rings. The Morgan fingerprint density at radius 1 is 1.35 bits per heavy atom. The number of hydrogen-bond acceptors (Lipinski definition) is 3. The van der Waals surface area contributed by atoms with Crippen LogP contribution in [0, 0.1) is 5.92 Å². The van der Waals surface area contributed by atoms with Gasteiger partial charge >= 0.3 is 5.97 Å². The van der Waals surface area contributed by atoms with Gasteiger partial charge in [0.25, 0.3) is 0 Å². The van der Waals surface area contributed by atoms with Crippen molar-refractivity contribution in [3.63, 3.8) is 0 Å². The van der Waals surface area contributed by atoms with E-state index in [1.54, 1.807) is 6.92 Å². The Hall–Kier alpha value is -1.64. The zero-order valence-electron chi connectivity index (χ0n) is 9.94. The number of carbonyl (C=O) groups is 2. The number of esters is 1. The van der Waals surface area contributed by atoms with Gasteiger partial charge in [0.15, 0.2) is 5.78 Å². The van der Waals surface area contributed by atoms with Crippen LogP contribution in [0.25, 0.3) is 0 Å². The molecule has 1 aromatic carbocycles. The largest absolute Gasteiger partial charge is 0.466 e. The van der Waals surface area contributed by atoms with Crippen molar-refractivity contribution < 1.29 is 14.3 Å². The summed E-state index contributed by atoms with van der Waals surface area (Å²) in [6, 6.07) is 7.63. The molecule has 1 aromatic rings. The second kappa shape index (κ2) is 5.13. The number of carbonyl (C=O) groups excluding carboxylic acids is 2. The lowest BCUT2D eigenvalue weighted by Crippen LogP contribution is -2.23. The van der Waals surface area contributed by atoms with Crippen molar-refractivity contribution in [3.8, 4) is 0 Å². The number of Topliss-reactive ketones (excluding diaryl/α,β-unsaturated/α-hetero) is 1. The summed E-state index contributed by atoms with van der Waals surface area (Å²) in [5.41, 5.74) is 1.87. The van der Waals surface area contributed by atoms with Gasteiger partial charge in [0.05, 0.1) is 6.61 Å². The maximum atomic E-state index is 11.9. The minimum absolute atomic E-state index is 0.0939. The molecule has 90 valence electrons. The van der Waals surface area contributed by atoms with Crippen molar-refractivity contribution in [3.05, 3.63) is 35.4 Å². The molecule has 0 heterocycles. The summed E-state index contributed by atoms with van der Waals surface area (Å²) in [4.78, 5) is 23.3. The van der Waals surface area contributed by atoms with Crippen LogP contribution in [-0.2, 0) is 16.0 Å². The van der Waals surface area contributed by atoms with Crippen molar-refractivity contribution in [2.75, 3.05) is 6.61 Å². The first-order valence-corrected chi connectivity index (χ1v) is 5.97. The van der Waals surface area contributed by atoms with E-state index < -0.39 is 0 Å². The van der Waals surface area contributed by atoms with Gasteiger partial charge in [-0.15, -0.1) is 0 Å². The molecule has 3 nitrogen and oxygen atoms in total. The molecule has 1 unspecified atom stereocenters. The molecular weight excluding hydrogens is 216 g/mol. The Kier molecular flexibility index (Phi) is 3.57. The highest BCUT2D eigenvalue weighted by molar-refractivity contribution is 5.98. The maximum absolute atomic E-state index is 11.9. The zero-order chi connectivity index (χ0) is 12.3. The van der Waals surface area contributed by atoms with Gasteiger partial charge in [-0.1, -0.05) is 24.3 Å². The van der Waals surface area contributed by atoms with Gasteiger partial charge in [0.2, 0.25) is 0 Å². The van der Waals surface area contributed by atoms with E-state index in [2.05, 4.69) is 0 Å². The number of fused-ring (bicyclic) bond motifs is 1. The van der Waals surface area contributed by atoms with Crippen LogP contribution in [0.2, 0.25) is 0 Å². The third kappa shape index (κ3) is 2.73. The Morgan fingerprint density at radius 3 is 2.88 bits per heavy atom. The van der Waals surface area contributed by atoms with Crippen LogP contribution in [-0.4, -0.2) is 18.4 Å². The summed E-state index contributed by atoms with van der Waals surface area (Å²) < 4.78 is 4.92. The molecule has 17 heavy (non-hydrogen) atoms. The zero-order valence-corrected chi connectivity index (χ0v) is 9.94. The minimum Gasteiger partial charge on any atom is -0.466 e. The minimum atomic E-state index is -0.204.